The molecule has 10 heteroatoms. The number of hydrogen-bond donors (Lipinski definition) is 0. The van der Waals surface area contributed by atoms with E-state index in [0.717, 1.165) is 22.7 Å². The molecule has 2 aromatic heterocycles. The highest BCUT2D eigenvalue weighted by molar-refractivity contribution is 7.13. The molecule has 0 saturated heterocycles. The minimum absolute atomic E-state index is 0.282. The fraction of sp³-hybridized carbons (Fsp3) is 0.0800. The average molecular weight is 503 g/mol. The molecule has 35 heavy (non-hydrogen) atoms. The van der Waals surface area contributed by atoms with Gasteiger partial charge in [-0.15, -0.1) is 15.3 Å². The maximum Gasteiger partial charge on any atom is 0.329 e. The maximum absolute atomic E-state index is 6.01. The van der Waals surface area contributed by atoms with E-state index >= 15 is 0 Å². The van der Waals surface area contributed by atoms with Crippen molar-refractivity contribution >= 4 is 39.3 Å². The molecule has 0 fully saturated rings. The molecule has 0 N–H and O–H groups in total. The van der Waals surface area contributed by atoms with Crippen molar-refractivity contribution in [3.8, 4) is 23.2 Å². The Balaban J connectivity index is 1.58. The molecule has 0 aliphatic heterocycles. The first kappa shape index (κ1) is 22.7. The molecule has 0 aliphatic carbocycles. The average Bonchev–Trinajstić information content (AvgIpc) is 3.48. The molecule has 174 valence electrons. The number of thiazole rings is 1. The van der Waals surface area contributed by atoms with E-state index in [4.69, 9.17) is 25.7 Å². The Morgan fingerprint density at radius 1 is 0.886 bits per heavy atom. The number of methoxy groups -OCH3 is 1. The van der Waals surface area contributed by atoms with Crippen LogP contribution in [-0.2, 0) is 0 Å². The highest BCUT2D eigenvalue weighted by Gasteiger charge is 2.18. The zero-order valence-electron chi connectivity index (χ0n) is 18.8. The van der Waals surface area contributed by atoms with Crippen molar-refractivity contribution in [1.29, 1.82) is 0 Å². The normalized spacial score (nSPS) is 11.9. The van der Waals surface area contributed by atoms with Gasteiger partial charge in [0, 0.05) is 10.6 Å². The third-order valence-corrected chi connectivity index (χ3v) is 6.31. The summed E-state index contributed by atoms with van der Waals surface area (Å²) in [7, 11) is 1.62. The van der Waals surface area contributed by atoms with Crippen LogP contribution in [-0.4, -0.2) is 21.9 Å². The quantitative estimate of drug-likeness (QED) is 0.229. The molecule has 0 radical (unpaired) electrons. The predicted molar refractivity (Wildman–Crippen MR) is 136 cm³/mol. The monoisotopic (exact) mass is 502 g/mol. The minimum atomic E-state index is 0.282. The second-order valence-corrected chi connectivity index (χ2v) is 8.75. The molecule has 0 aliphatic rings. The number of hydrogen-bond acceptors (Lipinski definition) is 8. The Morgan fingerprint density at radius 3 is 2.34 bits per heavy atom. The lowest BCUT2D eigenvalue weighted by atomic mass is 10.2. The Hall–Kier alpha value is -4.08. The summed E-state index contributed by atoms with van der Waals surface area (Å²) in [6.07, 6.45) is 0. The first-order valence-corrected chi connectivity index (χ1v) is 11.8. The molecule has 5 rings (SSSR count). The van der Waals surface area contributed by atoms with Gasteiger partial charge in [-0.3, -0.25) is 0 Å². The second kappa shape index (κ2) is 10.0. The van der Waals surface area contributed by atoms with E-state index in [2.05, 4.69) is 20.4 Å². The predicted octanol–water partition coefficient (Wildman–Crippen LogP) is 7.21. The smallest absolute Gasteiger partial charge is 0.329 e. The van der Waals surface area contributed by atoms with Crippen molar-refractivity contribution in [2.24, 2.45) is 15.2 Å². The SMILES string of the molecule is COc1ccc(N=Nc2sc(=Nc3ccccc3)n(-c3nnc(-c4ccc(Cl)cc4)o3)c2C)cc1. The number of para-hydroxylation sites is 1. The summed E-state index contributed by atoms with van der Waals surface area (Å²) < 4.78 is 13.0. The third-order valence-electron chi connectivity index (χ3n) is 5.03. The van der Waals surface area contributed by atoms with Gasteiger partial charge >= 0.3 is 6.01 Å². The van der Waals surface area contributed by atoms with E-state index in [1.54, 1.807) is 23.8 Å². The van der Waals surface area contributed by atoms with Gasteiger partial charge in [-0.25, -0.2) is 9.56 Å². The largest absolute Gasteiger partial charge is 0.497 e. The van der Waals surface area contributed by atoms with Gasteiger partial charge in [0.25, 0.3) is 0 Å². The van der Waals surface area contributed by atoms with Crippen molar-refractivity contribution in [3.05, 3.63) is 94.4 Å². The van der Waals surface area contributed by atoms with E-state index < -0.39 is 0 Å². The van der Waals surface area contributed by atoms with Gasteiger partial charge in [0.05, 0.1) is 24.2 Å². The van der Waals surface area contributed by atoms with Crippen LogP contribution in [0.2, 0.25) is 5.02 Å². The summed E-state index contributed by atoms with van der Waals surface area (Å²) in [5, 5.41) is 18.6. The maximum atomic E-state index is 6.01. The molecule has 5 aromatic rings. The number of azo groups is 1. The molecule has 0 spiro atoms. The van der Waals surface area contributed by atoms with Crippen molar-refractivity contribution in [3.63, 3.8) is 0 Å². The van der Waals surface area contributed by atoms with Crippen molar-refractivity contribution in [2.45, 2.75) is 6.92 Å². The van der Waals surface area contributed by atoms with Gasteiger partial charge in [-0.2, -0.15) is 0 Å². The van der Waals surface area contributed by atoms with Gasteiger partial charge in [0.15, 0.2) is 5.00 Å². The van der Waals surface area contributed by atoms with E-state index in [-0.39, 0.29) is 6.01 Å². The van der Waals surface area contributed by atoms with Gasteiger partial charge in [-0.1, -0.05) is 46.2 Å². The number of nitrogens with zero attached hydrogens (tertiary/aromatic N) is 6. The molecule has 3 aromatic carbocycles. The number of aromatic nitrogens is 3. The summed E-state index contributed by atoms with van der Waals surface area (Å²) in [6, 6.07) is 24.5. The molecule has 2 heterocycles. The number of halogens is 1. The van der Waals surface area contributed by atoms with Crippen molar-refractivity contribution in [2.75, 3.05) is 7.11 Å². The number of rotatable bonds is 6. The van der Waals surface area contributed by atoms with E-state index in [1.165, 1.54) is 11.3 Å². The number of ether oxygens (including phenoxy) is 1. The first-order valence-electron chi connectivity index (χ1n) is 10.6. The summed E-state index contributed by atoms with van der Waals surface area (Å²) in [5.74, 6) is 1.13. The summed E-state index contributed by atoms with van der Waals surface area (Å²) in [6.45, 7) is 1.91. The third kappa shape index (κ3) is 5.06. The number of benzene rings is 3. The second-order valence-electron chi connectivity index (χ2n) is 7.35. The molecule has 0 bridgehead atoms. The van der Waals surface area contributed by atoms with Crippen LogP contribution in [0.15, 0.2) is 98.5 Å². The van der Waals surface area contributed by atoms with Crippen LogP contribution in [0.4, 0.5) is 16.4 Å². The van der Waals surface area contributed by atoms with E-state index in [1.807, 2.05) is 73.7 Å². The molecule has 0 atom stereocenters. The molecular weight excluding hydrogens is 484 g/mol. The zero-order chi connectivity index (χ0) is 24.2. The lowest BCUT2D eigenvalue weighted by Crippen LogP contribution is -2.14. The Kier molecular flexibility index (Phi) is 6.51. The van der Waals surface area contributed by atoms with E-state index in [0.29, 0.717) is 26.4 Å². The molecule has 8 nitrogen and oxygen atoms in total. The standard InChI is InChI=1S/C25H19ClN6O2S/c1-16-23(30-28-20-12-14-21(33-2)15-13-20)35-25(27-19-6-4-3-5-7-19)32(16)24-31-29-22(34-24)17-8-10-18(26)11-9-17/h3-15H,1-2H3. The van der Waals surface area contributed by atoms with Crippen LogP contribution in [0.1, 0.15) is 5.69 Å². The highest BCUT2D eigenvalue weighted by atomic mass is 35.5. The molecule has 0 amide bonds. The lowest BCUT2D eigenvalue weighted by Gasteiger charge is -2.00. The van der Waals surface area contributed by atoms with Crippen LogP contribution < -0.4 is 9.54 Å². The Morgan fingerprint density at radius 2 is 1.63 bits per heavy atom. The van der Waals surface area contributed by atoms with E-state index in [9.17, 15) is 0 Å². The minimum Gasteiger partial charge on any atom is -0.497 e. The topological polar surface area (TPSA) is 90.2 Å². The highest BCUT2D eigenvalue weighted by Crippen LogP contribution is 2.29. The summed E-state index contributed by atoms with van der Waals surface area (Å²) in [4.78, 5) is 5.42. The summed E-state index contributed by atoms with van der Waals surface area (Å²) in [5.41, 5.74) is 3.03. The van der Waals surface area contributed by atoms with Crippen LogP contribution >= 0.6 is 22.9 Å². The van der Waals surface area contributed by atoms with Crippen LogP contribution in [0.5, 0.6) is 5.75 Å². The zero-order valence-corrected chi connectivity index (χ0v) is 20.4. The van der Waals surface area contributed by atoms with Crippen LogP contribution in [0.3, 0.4) is 0 Å². The van der Waals surface area contributed by atoms with Gasteiger partial charge in [0.1, 0.15) is 5.75 Å². The molecule has 0 saturated carbocycles. The molecular formula is C25H19ClN6O2S. The fourth-order valence-corrected chi connectivity index (χ4v) is 4.29. The Bertz CT molecular complexity index is 1540. The van der Waals surface area contributed by atoms with Gasteiger partial charge in [-0.05, 0) is 67.6 Å². The first-order chi connectivity index (χ1) is 17.1. The van der Waals surface area contributed by atoms with Crippen LogP contribution in [0, 0.1) is 6.92 Å². The van der Waals surface area contributed by atoms with Crippen molar-refractivity contribution < 1.29 is 9.15 Å². The van der Waals surface area contributed by atoms with Crippen molar-refractivity contribution in [1.82, 2.24) is 14.8 Å². The van der Waals surface area contributed by atoms with Gasteiger partial charge < -0.3 is 9.15 Å². The Labute approximate surface area is 209 Å². The van der Waals surface area contributed by atoms with Crippen LogP contribution in [0.25, 0.3) is 17.5 Å². The summed E-state index contributed by atoms with van der Waals surface area (Å²) >= 11 is 7.38. The fourth-order valence-electron chi connectivity index (χ4n) is 3.22. The van der Waals surface area contributed by atoms with Gasteiger partial charge in [0.2, 0.25) is 10.7 Å². The molecule has 0 unspecified atom stereocenters. The lowest BCUT2D eigenvalue weighted by molar-refractivity contribution is 0.415.